The molecule has 2 aromatic heterocycles. The number of Topliss-reactive ketones (excluding diaryl/α,β-unsaturated/α-hetero) is 1. The monoisotopic (exact) mass is 198 g/mol. The highest BCUT2D eigenvalue weighted by Crippen LogP contribution is 2.02. The van der Waals surface area contributed by atoms with E-state index in [0.29, 0.717) is 12.1 Å². The molecule has 2 aromatic rings. The molecule has 0 aliphatic carbocycles. The molecule has 15 heavy (non-hydrogen) atoms. The maximum Gasteiger partial charge on any atom is 0.187 e. The Morgan fingerprint density at radius 1 is 1.00 bits per heavy atom. The first-order valence-electron chi connectivity index (χ1n) is 4.70. The lowest BCUT2D eigenvalue weighted by molar-refractivity contribution is 0.0987. The van der Waals surface area contributed by atoms with Gasteiger partial charge in [0.1, 0.15) is 5.69 Å². The summed E-state index contributed by atoms with van der Waals surface area (Å²) in [5, 5.41) is 0. The van der Waals surface area contributed by atoms with Crippen molar-refractivity contribution in [1.29, 1.82) is 0 Å². The molecule has 0 aliphatic rings. The van der Waals surface area contributed by atoms with Crippen LogP contribution in [0.15, 0.2) is 48.8 Å². The quantitative estimate of drug-likeness (QED) is 0.707. The number of hydrogen-bond acceptors (Lipinski definition) is 3. The van der Waals surface area contributed by atoms with Crippen molar-refractivity contribution in [3.05, 3.63) is 60.2 Å². The molecule has 0 amide bonds. The highest BCUT2D eigenvalue weighted by molar-refractivity contribution is 5.95. The fourth-order valence-corrected chi connectivity index (χ4v) is 1.29. The molecule has 2 heterocycles. The Morgan fingerprint density at radius 2 is 1.73 bits per heavy atom. The lowest BCUT2D eigenvalue weighted by atomic mass is 10.1. The first-order valence-corrected chi connectivity index (χ1v) is 4.70. The summed E-state index contributed by atoms with van der Waals surface area (Å²) in [4.78, 5) is 19.8. The minimum atomic E-state index is -0.00528. The van der Waals surface area contributed by atoms with Crippen molar-refractivity contribution in [2.45, 2.75) is 6.42 Å². The van der Waals surface area contributed by atoms with E-state index < -0.39 is 0 Å². The normalized spacial score (nSPS) is 9.87. The van der Waals surface area contributed by atoms with E-state index in [0.717, 1.165) is 5.69 Å². The Hall–Kier alpha value is -2.03. The summed E-state index contributed by atoms with van der Waals surface area (Å²) in [6.45, 7) is 0. The van der Waals surface area contributed by atoms with Crippen molar-refractivity contribution in [2.75, 3.05) is 0 Å². The van der Waals surface area contributed by atoms with E-state index in [-0.39, 0.29) is 5.78 Å². The van der Waals surface area contributed by atoms with Crippen LogP contribution in [-0.4, -0.2) is 15.8 Å². The Kier molecular flexibility index (Phi) is 2.83. The SMILES string of the molecule is O=C(Cc1ccccn1)c1ccccn1. The molecule has 0 N–H and O–H groups in total. The first-order chi connectivity index (χ1) is 7.36. The summed E-state index contributed by atoms with van der Waals surface area (Å²) in [5.74, 6) is -0.00528. The van der Waals surface area contributed by atoms with Gasteiger partial charge >= 0.3 is 0 Å². The largest absolute Gasteiger partial charge is 0.292 e. The molecule has 0 aliphatic heterocycles. The van der Waals surface area contributed by atoms with Gasteiger partial charge in [0, 0.05) is 18.1 Å². The van der Waals surface area contributed by atoms with Crippen molar-refractivity contribution >= 4 is 5.78 Å². The van der Waals surface area contributed by atoms with Gasteiger partial charge in [-0.1, -0.05) is 12.1 Å². The molecule has 3 nitrogen and oxygen atoms in total. The number of pyridine rings is 2. The summed E-state index contributed by atoms with van der Waals surface area (Å²) in [6, 6.07) is 10.8. The fraction of sp³-hybridized carbons (Fsp3) is 0.0833. The smallest absolute Gasteiger partial charge is 0.187 e. The first kappa shape index (κ1) is 9.52. The predicted molar refractivity (Wildman–Crippen MR) is 56.5 cm³/mol. The maximum absolute atomic E-state index is 11.7. The molecule has 3 heteroatoms. The van der Waals surface area contributed by atoms with Gasteiger partial charge in [-0.3, -0.25) is 14.8 Å². The van der Waals surface area contributed by atoms with Crippen molar-refractivity contribution in [3.8, 4) is 0 Å². The molecular weight excluding hydrogens is 188 g/mol. The van der Waals surface area contributed by atoms with Gasteiger partial charge in [-0.2, -0.15) is 0 Å². The van der Waals surface area contributed by atoms with Crippen LogP contribution in [0.25, 0.3) is 0 Å². The van der Waals surface area contributed by atoms with Crippen molar-refractivity contribution in [2.24, 2.45) is 0 Å². The number of ketones is 1. The molecule has 0 bridgehead atoms. The Balaban J connectivity index is 2.12. The number of hydrogen-bond donors (Lipinski definition) is 0. The van der Waals surface area contributed by atoms with E-state index in [1.54, 1.807) is 30.6 Å². The lowest BCUT2D eigenvalue weighted by Crippen LogP contribution is -2.06. The Bertz CT molecular complexity index is 440. The maximum atomic E-state index is 11.7. The second kappa shape index (κ2) is 4.46. The van der Waals surface area contributed by atoms with E-state index >= 15 is 0 Å². The molecular formula is C12H10N2O. The van der Waals surface area contributed by atoms with Gasteiger partial charge in [-0.25, -0.2) is 0 Å². The molecule has 0 radical (unpaired) electrons. The number of carbonyl (C=O) groups excluding carboxylic acids is 1. The van der Waals surface area contributed by atoms with Gasteiger partial charge in [-0.05, 0) is 24.3 Å². The van der Waals surface area contributed by atoms with E-state index in [2.05, 4.69) is 9.97 Å². The third kappa shape index (κ3) is 2.47. The fourth-order valence-electron chi connectivity index (χ4n) is 1.29. The zero-order chi connectivity index (χ0) is 10.5. The molecule has 0 aromatic carbocycles. The Labute approximate surface area is 87.8 Å². The van der Waals surface area contributed by atoms with Crippen LogP contribution in [0, 0.1) is 0 Å². The van der Waals surface area contributed by atoms with Gasteiger partial charge in [0.25, 0.3) is 0 Å². The number of aromatic nitrogens is 2. The summed E-state index contributed by atoms with van der Waals surface area (Å²) in [6.07, 6.45) is 3.60. The molecule has 0 saturated carbocycles. The van der Waals surface area contributed by atoms with Crippen LogP contribution in [-0.2, 0) is 6.42 Å². The molecule has 0 spiro atoms. The van der Waals surface area contributed by atoms with Crippen LogP contribution in [0.3, 0.4) is 0 Å². The average molecular weight is 198 g/mol. The highest BCUT2D eigenvalue weighted by Gasteiger charge is 2.07. The van der Waals surface area contributed by atoms with Crippen LogP contribution >= 0.6 is 0 Å². The zero-order valence-electron chi connectivity index (χ0n) is 8.13. The van der Waals surface area contributed by atoms with Gasteiger partial charge in [0.2, 0.25) is 0 Å². The van der Waals surface area contributed by atoms with Crippen molar-refractivity contribution in [3.63, 3.8) is 0 Å². The van der Waals surface area contributed by atoms with Crippen molar-refractivity contribution in [1.82, 2.24) is 9.97 Å². The number of rotatable bonds is 3. The summed E-state index contributed by atoms with van der Waals surface area (Å²) >= 11 is 0. The van der Waals surface area contributed by atoms with E-state index in [1.807, 2.05) is 18.2 Å². The molecule has 2 rings (SSSR count). The van der Waals surface area contributed by atoms with E-state index in [4.69, 9.17) is 0 Å². The third-order valence-electron chi connectivity index (χ3n) is 2.02. The number of carbonyl (C=O) groups is 1. The van der Waals surface area contributed by atoms with Gasteiger partial charge in [-0.15, -0.1) is 0 Å². The van der Waals surface area contributed by atoms with Crippen LogP contribution in [0.5, 0.6) is 0 Å². The average Bonchev–Trinajstić information content (AvgIpc) is 2.31. The summed E-state index contributed by atoms with van der Waals surface area (Å²) in [5.41, 5.74) is 1.26. The second-order valence-corrected chi connectivity index (χ2v) is 3.14. The predicted octanol–water partition coefficient (Wildman–Crippen LogP) is 1.90. The molecule has 74 valence electrons. The minimum Gasteiger partial charge on any atom is -0.292 e. The number of nitrogens with zero attached hydrogens (tertiary/aromatic N) is 2. The van der Waals surface area contributed by atoms with Crippen LogP contribution < -0.4 is 0 Å². The zero-order valence-corrected chi connectivity index (χ0v) is 8.13. The van der Waals surface area contributed by atoms with Gasteiger partial charge < -0.3 is 0 Å². The third-order valence-corrected chi connectivity index (χ3v) is 2.02. The van der Waals surface area contributed by atoms with E-state index in [1.165, 1.54) is 0 Å². The standard InChI is InChI=1S/C12H10N2O/c15-12(11-6-2-4-8-14-11)9-10-5-1-3-7-13-10/h1-8H,9H2. The van der Waals surface area contributed by atoms with Gasteiger partial charge in [0.15, 0.2) is 5.78 Å². The molecule has 0 fully saturated rings. The summed E-state index contributed by atoms with van der Waals surface area (Å²) < 4.78 is 0. The van der Waals surface area contributed by atoms with Crippen LogP contribution in [0.4, 0.5) is 0 Å². The molecule has 0 atom stereocenters. The van der Waals surface area contributed by atoms with E-state index in [9.17, 15) is 4.79 Å². The van der Waals surface area contributed by atoms with Crippen LogP contribution in [0.2, 0.25) is 0 Å². The van der Waals surface area contributed by atoms with Crippen LogP contribution in [0.1, 0.15) is 16.2 Å². The molecule has 0 saturated heterocycles. The topological polar surface area (TPSA) is 42.9 Å². The summed E-state index contributed by atoms with van der Waals surface area (Å²) in [7, 11) is 0. The lowest BCUT2D eigenvalue weighted by Gasteiger charge is -1.98. The molecule has 0 unspecified atom stereocenters. The Morgan fingerprint density at radius 3 is 2.33 bits per heavy atom. The highest BCUT2D eigenvalue weighted by atomic mass is 16.1. The van der Waals surface area contributed by atoms with Crippen molar-refractivity contribution < 1.29 is 4.79 Å². The second-order valence-electron chi connectivity index (χ2n) is 3.14. The van der Waals surface area contributed by atoms with Gasteiger partial charge in [0.05, 0.1) is 6.42 Å². The minimum absolute atomic E-state index is 0.00528.